The van der Waals surface area contributed by atoms with Gasteiger partial charge in [0.1, 0.15) is 12.1 Å². The molecule has 6 nitrogen and oxygen atoms in total. The van der Waals surface area contributed by atoms with E-state index in [0.717, 1.165) is 49.9 Å². The second-order valence-electron chi connectivity index (χ2n) is 11.9. The van der Waals surface area contributed by atoms with Gasteiger partial charge in [0.2, 0.25) is 0 Å². The number of ketones is 1. The number of carbonyl (C=O) groups is 1. The lowest BCUT2D eigenvalue weighted by atomic mass is 9.49. The average Bonchev–Trinajstić information content (AvgIpc) is 3.34. The van der Waals surface area contributed by atoms with Gasteiger partial charge in [-0.1, -0.05) is 18.8 Å². The molecular formula is C26H36N4O2. The zero-order valence-electron chi connectivity index (χ0n) is 19.2. The highest BCUT2D eigenvalue weighted by atomic mass is 16.3. The Morgan fingerprint density at radius 2 is 1.91 bits per heavy atom. The quantitative estimate of drug-likeness (QED) is 0.732. The summed E-state index contributed by atoms with van der Waals surface area (Å²) in [7, 11) is 0. The van der Waals surface area contributed by atoms with Gasteiger partial charge in [-0.05, 0) is 111 Å². The molecule has 5 aliphatic rings. The molecule has 6 heteroatoms. The van der Waals surface area contributed by atoms with Crippen molar-refractivity contribution in [2.75, 3.05) is 0 Å². The molecule has 5 saturated carbocycles. The predicted molar refractivity (Wildman–Crippen MR) is 119 cm³/mol. The van der Waals surface area contributed by atoms with Crippen LogP contribution in [0, 0.1) is 58.7 Å². The van der Waals surface area contributed by atoms with Crippen LogP contribution in [0.3, 0.4) is 0 Å². The summed E-state index contributed by atoms with van der Waals surface area (Å²) >= 11 is 0. The van der Waals surface area contributed by atoms with Crippen LogP contribution < -0.4 is 0 Å². The lowest BCUT2D eigenvalue weighted by molar-refractivity contribution is -0.132. The van der Waals surface area contributed by atoms with E-state index in [4.69, 9.17) is 0 Å². The molecule has 6 rings (SSSR count). The molecule has 0 aliphatic heterocycles. The summed E-state index contributed by atoms with van der Waals surface area (Å²) < 4.78 is 0. The average molecular weight is 437 g/mol. The number of hydrogen-bond acceptors (Lipinski definition) is 5. The Kier molecular flexibility index (Phi) is 4.98. The first kappa shape index (κ1) is 20.8. The van der Waals surface area contributed by atoms with Gasteiger partial charge in [0.15, 0.2) is 12.1 Å². The van der Waals surface area contributed by atoms with Gasteiger partial charge in [-0.25, -0.2) is 0 Å². The lowest BCUT2D eigenvalue weighted by Crippen LogP contribution is -2.51. The van der Waals surface area contributed by atoms with Crippen LogP contribution in [0.25, 0.3) is 0 Å². The number of Topliss-reactive ketones (excluding diaryl/α,β-unsaturated/α-hetero) is 1. The molecule has 5 fully saturated rings. The molecule has 1 aromatic rings. The fourth-order valence-corrected chi connectivity index (χ4v) is 8.50. The first-order valence-corrected chi connectivity index (χ1v) is 12.9. The largest absolute Gasteiger partial charge is 0.378 e. The van der Waals surface area contributed by atoms with Gasteiger partial charge in [0.05, 0.1) is 0 Å². The summed E-state index contributed by atoms with van der Waals surface area (Å²) in [5, 5.41) is 22.9. The molecule has 8 atom stereocenters. The number of hydrogen-bond donors (Lipinski definition) is 1. The topological polar surface area (TPSA) is 80.9 Å². The molecule has 0 bridgehead atoms. The molecular weight excluding hydrogens is 400 g/mol. The lowest BCUT2D eigenvalue weighted by Gasteiger charge is -2.56. The van der Waals surface area contributed by atoms with Crippen LogP contribution in [0.1, 0.15) is 77.6 Å². The minimum atomic E-state index is -0.736. The SMILES string of the molecule is C[C@]12CC[C@H]3[C@@H](CC[C@H]4C[C@](O)(C#CC5CC5)CC[C@@H]43)[C@@H]1CC[C@@H]2C(=O)Cn1ncnn1. The van der Waals surface area contributed by atoms with Crippen molar-refractivity contribution in [1.29, 1.82) is 0 Å². The van der Waals surface area contributed by atoms with Gasteiger partial charge in [0, 0.05) is 11.8 Å². The van der Waals surface area contributed by atoms with Crippen molar-refractivity contribution in [1.82, 2.24) is 20.2 Å². The highest BCUT2D eigenvalue weighted by Gasteiger charge is 2.59. The van der Waals surface area contributed by atoms with E-state index in [2.05, 4.69) is 34.2 Å². The molecule has 0 unspecified atom stereocenters. The maximum Gasteiger partial charge on any atom is 0.162 e. The van der Waals surface area contributed by atoms with Crippen LogP contribution in [0.2, 0.25) is 0 Å². The Bertz CT molecular complexity index is 931. The number of carbonyl (C=O) groups excluding carboxylic acids is 1. The summed E-state index contributed by atoms with van der Waals surface area (Å²) in [5.74, 6) is 11.2. The maximum absolute atomic E-state index is 13.2. The number of fused-ring (bicyclic) bond motifs is 5. The van der Waals surface area contributed by atoms with Gasteiger partial charge in [-0.2, -0.15) is 4.80 Å². The van der Waals surface area contributed by atoms with E-state index in [1.54, 1.807) is 0 Å². The fourth-order valence-electron chi connectivity index (χ4n) is 8.50. The van der Waals surface area contributed by atoms with Crippen molar-refractivity contribution < 1.29 is 9.90 Å². The van der Waals surface area contributed by atoms with Crippen LogP contribution in [0.15, 0.2) is 6.33 Å². The molecule has 0 radical (unpaired) electrons. The van der Waals surface area contributed by atoms with E-state index in [1.807, 2.05) is 0 Å². The van der Waals surface area contributed by atoms with Crippen molar-refractivity contribution in [3.8, 4) is 11.8 Å². The summed E-state index contributed by atoms with van der Waals surface area (Å²) in [6.45, 7) is 2.66. The normalized spacial score (nSPS) is 45.2. The molecule has 1 heterocycles. The molecule has 0 amide bonds. The third-order valence-electron chi connectivity index (χ3n) is 10.2. The fraction of sp³-hybridized carbons (Fsp3) is 0.846. The van der Waals surface area contributed by atoms with Crippen LogP contribution in [0.5, 0.6) is 0 Å². The minimum absolute atomic E-state index is 0.122. The van der Waals surface area contributed by atoms with Gasteiger partial charge in [-0.15, -0.1) is 10.2 Å². The van der Waals surface area contributed by atoms with Crippen LogP contribution in [-0.2, 0) is 11.3 Å². The molecule has 0 saturated heterocycles. The van der Waals surface area contributed by atoms with Crippen molar-refractivity contribution in [2.24, 2.45) is 46.8 Å². The smallest absolute Gasteiger partial charge is 0.162 e. The van der Waals surface area contributed by atoms with Crippen LogP contribution in [0.4, 0.5) is 0 Å². The van der Waals surface area contributed by atoms with Crippen molar-refractivity contribution in [3.63, 3.8) is 0 Å². The first-order valence-electron chi connectivity index (χ1n) is 12.9. The summed E-state index contributed by atoms with van der Waals surface area (Å²) in [6.07, 6.45) is 13.8. The molecule has 0 spiro atoms. The maximum atomic E-state index is 13.2. The van der Waals surface area contributed by atoms with Crippen molar-refractivity contribution in [2.45, 2.75) is 89.7 Å². The second kappa shape index (κ2) is 7.65. The Labute approximate surface area is 190 Å². The standard InChI is InChI=1S/C26H36N4O2/c1-25-11-9-20-19-10-13-26(32,12-8-17-2-3-17)14-18(19)4-5-21(20)22(25)6-7-23(25)24(31)15-30-28-16-27-29-30/h16-23,32H,2-7,9-11,13-15H2,1H3/t18-,19-,20+,21+,22-,23+,25-,26-/m0/s1. The van der Waals surface area contributed by atoms with Crippen molar-refractivity contribution in [3.05, 3.63) is 6.33 Å². The van der Waals surface area contributed by atoms with Gasteiger partial charge in [-0.3, -0.25) is 4.79 Å². The molecule has 1 aromatic heterocycles. The highest BCUT2D eigenvalue weighted by molar-refractivity contribution is 5.81. The Morgan fingerprint density at radius 3 is 2.69 bits per heavy atom. The Morgan fingerprint density at radius 1 is 1.06 bits per heavy atom. The highest BCUT2D eigenvalue weighted by Crippen LogP contribution is 2.64. The molecule has 5 aliphatic carbocycles. The first-order chi connectivity index (χ1) is 15.5. The third-order valence-corrected chi connectivity index (χ3v) is 10.2. The number of nitrogens with zero attached hydrogens (tertiary/aromatic N) is 4. The van der Waals surface area contributed by atoms with E-state index >= 15 is 0 Å². The Balaban J connectivity index is 1.15. The zero-order valence-corrected chi connectivity index (χ0v) is 19.2. The molecule has 32 heavy (non-hydrogen) atoms. The summed E-state index contributed by atoms with van der Waals surface area (Å²) in [4.78, 5) is 14.6. The predicted octanol–water partition coefficient (Wildman–Crippen LogP) is 3.66. The van der Waals surface area contributed by atoms with E-state index in [9.17, 15) is 9.90 Å². The molecule has 1 N–H and O–H groups in total. The third kappa shape index (κ3) is 3.52. The van der Waals surface area contributed by atoms with E-state index in [-0.39, 0.29) is 23.7 Å². The molecule has 172 valence electrons. The minimum Gasteiger partial charge on any atom is -0.378 e. The number of aliphatic hydroxyl groups is 1. The zero-order chi connectivity index (χ0) is 21.9. The molecule has 0 aromatic carbocycles. The van der Waals surface area contributed by atoms with Gasteiger partial charge < -0.3 is 5.11 Å². The summed E-state index contributed by atoms with van der Waals surface area (Å²) in [5.41, 5.74) is -0.614. The number of rotatable bonds is 3. The monoisotopic (exact) mass is 436 g/mol. The second-order valence-corrected chi connectivity index (χ2v) is 11.9. The Hall–Kier alpha value is -1.74. The van der Waals surface area contributed by atoms with E-state index < -0.39 is 5.60 Å². The van der Waals surface area contributed by atoms with E-state index in [1.165, 1.54) is 49.6 Å². The van der Waals surface area contributed by atoms with Crippen LogP contribution in [-0.4, -0.2) is 36.7 Å². The summed E-state index contributed by atoms with van der Waals surface area (Å²) in [6, 6.07) is 0. The number of aromatic nitrogens is 4. The van der Waals surface area contributed by atoms with E-state index in [0.29, 0.717) is 17.8 Å². The van der Waals surface area contributed by atoms with Gasteiger partial charge in [0.25, 0.3) is 0 Å². The van der Waals surface area contributed by atoms with Crippen LogP contribution >= 0.6 is 0 Å². The van der Waals surface area contributed by atoms with Crippen molar-refractivity contribution >= 4 is 5.78 Å². The van der Waals surface area contributed by atoms with Gasteiger partial charge >= 0.3 is 0 Å². The number of tetrazole rings is 1.